The van der Waals surface area contributed by atoms with Crippen molar-refractivity contribution >= 4 is 49.3 Å². The summed E-state index contributed by atoms with van der Waals surface area (Å²) < 4.78 is 4.54. The molecule has 4 heterocycles. The maximum atomic E-state index is 10.0. The van der Waals surface area contributed by atoms with E-state index in [0.717, 1.165) is 82.8 Å². The first-order chi connectivity index (χ1) is 28.7. The summed E-state index contributed by atoms with van der Waals surface area (Å²) in [6, 6.07) is 41.6. The Hall–Kier alpha value is -8.08. The molecule has 0 radical (unpaired) electrons. The lowest BCUT2D eigenvalue weighted by Gasteiger charge is -2.20. The van der Waals surface area contributed by atoms with E-state index in [4.69, 9.17) is 26.5 Å². The van der Waals surface area contributed by atoms with Gasteiger partial charge in [-0.2, -0.15) is 5.26 Å². The number of para-hydroxylation sites is 2. The van der Waals surface area contributed by atoms with E-state index in [2.05, 4.69) is 115 Å². The number of hydrogen-bond acceptors (Lipinski definition) is 7. The Morgan fingerprint density at radius 1 is 0.492 bits per heavy atom. The van der Waals surface area contributed by atoms with Crippen LogP contribution in [0.3, 0.4) is 0 Å². The fourth-order valence-electron chi connectivity index (χ4n) is 8.48. The van der Waals surface area contributed by atoms with Crippen LogP contribution in [0.1, 0.15) is 34.4 Å². The Morgan fingerprint density at radius 2 is 0.966 bits per heavy atom. The third kappa shape index (κ3) is 5.86. The van der Waals surface area contributed by atoms with Crippen LogP contribution in [-0.2, 0) is 0 Å². The molecule has 4 aromatic heterocycles. The summed E-state index contributed by atoms with van der Waals surface area (Å²) in [5, 5.41) is 14.3. The van der Waals surface area contributed by atoms with Crippen LogP contribution in [0, 0.1) is 52.5 Å². The van der Waals surface area contributed by atoms with E-state index in [1.165, 1.54) is 0 Å². The third-order valence-electron chi connectivity index (χ3n) is 10.8. The van der Waals surface area contributed by atoms with Crippen molar-refractivity contribution in [2.24, 2.45) is 0 Å². The number of hydrogen-bond donors (Lipinski definition) is 0. The van der Waals surface area contributed by atoms with Crippen molar-refractivity contribution in [2.75, 3.05) is 0 Å². The van der Waals surface area contributed by atoms with Gasteiger partial charge in [-0.15, -0.1) is 0 Å². The molecule has 10 rings (SSSR count). The molecule has 0 amide bonds. The van der Waals surface area contributed by atoms with Crippen LogP contribution in [0.4, 0.5) is 5.69 Å². The van der Waals surface area contributed by atoms with Crippen LogP contribution in [0.2, 0.25) is 0 Å². The second kappa shape index (κ2) is 13.5. The molecule has 0 saturated heterocycles. The number of rotatable bonds is 5. The smallest absolute Gasteiger partial charge is 0.197 e. The summed E-state index contributed by atoms with van der Waals surface area (Å²) in [6.07, 6.45) is 0. The number of fused-ring (bicyclic) bond motifs is 6. The van der Waals surface area contributed by atoms with Crippen molar-refractivity contribution in [1.82, 2.24) is 39.0 Å². The highest BCUT2D eigenvalue weighted by atomic mass is 15.1. The quantitative estimate of drug-likeness (QED) is 0.160. The second-order valence-electron chi connectivity index (χ2n) is 14.8. The van der Waals surface area contributed by atoms with Gasteiger partial charge in [-0.1, -0.05) is 66.7 Å². The molecule has 0 N–H and O–H groups in total. The summed E-state index contributed by atoms with van der Waals surface area (Å²) in [5.74, 6) is 3.79. The summed E-state index contributed by atoms with van der Waals surface area (Å²) in [7, 11) is 0. The van der Waals surface area contributed by atoms with Crippen molar-refractivity contribution in [3.63, 3.8) is 0 Å². The molecule has 59 heavy (non-hydrogen) atoms. The molecule has 0 atom stereocenters. The van der Waals surface area contributed by atoms with Gasteiger partial charge in [0, 0.05) is 32.7 Å². The minimum atomic E-state index is 0.460. The van der Waals surface area contributed by atoms with Crippen LogP contribution in [-0.4, -0.2) is 39.0 Å². The van der Waals surface area contributed by atoms with Gasteiger partial charge >= 0.3 is 0 Å². The van der Waals surface area contributed by atoms with Crippen molar-refractivity contribution in [2.45, 2.75) is 34.6 Å². The molecule has 0 fully saturated rings. The summed E-state index contributed by atoms with van der Waals surface area (Å²) >= 11 is 0. The first-order valence-electron chi connectivity index (χ1n) is 19.2. The average Bonchev–Trinajstić information content (AvgIpc) is 3.74. The van der Waals surface area contributed by atoms with Gasteiger partial charge in [-0.3, -0.25) is 0 Å². The minimum absolute atomic E-state index is 0.460. The molecule has 0 aliphatic carbocycles. The number of nitriles is 1. The highest BCUT2D eigenvalue weighted by molar-refractivity contribution is 6.13. The molecule has 10 nitrogen and oxygen atoms in total. The molecule has 0 saturated carbocycles. The topological polar surface area (TPSA) is 115 Å². The lowest BCUT2D eigenvalue weighted by molar-refractivity contribution is 0.928. The molecule has 0 aliphatic rings. The van der Waals surface area contributed by atoms with Crippen LogP contribution >= 0.6 is 0 Å². The molecule has 280 valence electrons. The molecule has 10 heteroatoms. The molecular formula is C49H34N10. The van der Waals surface area contributed by atoms with E-state index >= 15 is 0 Å². The van der Waals surface area contributed by atoms with Gasteiger partial charge < -0.3 is 9.13 Å². The predicted octanol–water partition coefficient (Wildman–Crippen LogP) is 11.2. The highest BCUT2D eigenvalue weighted by Crippen LogP contribution is 2.44. The average molecular weight is 763 g/mol. The SMILES string of the molecule is [C-]#[N+]c1cc(-n2c3ccccc3c3ccc(-c4nc(C)nc(C)n4)cc32)c(-n2c3ccccc3c3ccc(-c4nc(C)nc(C)n4)cc32)cc1-c1cc(C)cc(C#N)c1. The van der Waals surface area contributed by atoms with Gasteiger partial charge in [-0.05, 0) is 99.8 Å². The van der Waals surface area contributed by atoms with Crippen molar-refractivity contribution in [1.29, 1.82) is 5.26 Å². The number of benzene rings is 6. The second-order valence-corrected chi connectivity index (χ2v) is 14.8. The Morgan fingerprint density at radius 3 is 1.46 bits per heavy atom. The van der Waals surface area contributed by atoms with E-state index in [0.29, 0.717) is 46.2 Å². The summed E-state index contributed by atoms with van der Waals surface area (Å²) in [6.45, 7) is 18.1. The number of aromatic nitrogens is 8. The van der Waals surface area contributed by atoms with Crippen LogP contribution < -0.4 is 0 Å². The van der Waals surface area contributed by atoms with Gasteiger partial charge in [0.25, 0.3) is 0 Å². The van der Waals surface area contributed by atoms with Gasteiger partial charge in [0.1, 0.15) is 23.3 Å². The zero-order valence-corrected chi connectivity index (χ0v) is 32.9. The zero-order valence-electron chi connectivity index (χ0n) is 32.9. The van der Waals surface area contributed by atoms with Gasteiger partial charge in [-0.25, -0.2) is 34.7 Å². The molecule has 0 unspecified atom stereocenters. The molecule has 6 aromatic carbocycles. The van der Waals surface area contributed by atoms with E-state index in [9.17, 15) is 5.26 Å². The van der Waals surface area contributed by atoms with Crippen molar-refractivity contribution in [3.8, 4) is 51.3 Å². The monoisotopic (exact) mass is 762 g/mol. The van der Waals surface area contributed by atoms with E-state index in [1.807, 2.05) is 65.0 Å². The van der Waals surface area contributed by atoms with Gasteiger partial charge in [0.05, 0.1) is 51.6 Å². The lowest BCUT2D eigenvalue weighted by atomic mass is 9.97. The molecule has 0 bridgehead atoms. The Bertz CT molecular complexity index is 3450. The maximum absolute atomic E-state index is 10.0. The lowest BCUT2D eigenvalue weighted by Crippen LogP contribution is -2.05. The Kier molecular flexibility index (Phi) is 8.11. The zero-order chi connectivity index (χ0) is 40.5. The number of aryl methyl sites for hydroxylation is 5. The summed E-state index contributed by atoms with van der Waals surface area (Å²) in [5.41, 5.74) is 10.7. The molecule has 0 aliphatic heterocycles. The van der Waals surface area contributed by atoms with Crippen molar-refractivity contribution in [3.05, 3.63) is 161 Å². The molecular weight excluding hydrogens is 729 g/mol. The minimum Gasteiger partial charge on any atom is -0.308 e. The van der Waals surface area contributed by atoms with E-state index in [1.54, 1.807) is 0 Å². The normalized spacial score (nSPS) is 11.4. The third-order valence-corrected chi connectivity index (χ3v) is 10.8. The standard InChI is InChI=1S/C49H34N10/c1-27-19-32(26-50)21-35(20-27)40-24-46(58-42-13-9-7-11-36(42)38-17-15-33(22-44(38)58)48-54-28(2)52-29(3)55-48)47(25-41(40)51-6)59-43-14-10-8-12-37(43)39-18-16-34(23-45(39)59)49-56-30(4)53-31(5)57-49/h7-25H,1-5H3. The molecule has 0 spiro atoms. The van der Waals surface area contributed by atoms with E-state index < -0.39 is 0 Å². The number of nitrogens with zero attached hydrogens (tertiary/aromatic N) is 10. The van der Waals surface area contributed by atoms with Crippen LogP contribution in [0.25, 0.3) is 93.7 Å². The maximum Gasteiger partial charge on any atom is 0.197 e. The summed E-state index contributed by atoms with van der Waals surface area (Å²) in [4.78, 5) is 31.9. The predicted molar refractivity (Wildman–Crippen MR) is 233 cm³/mol. The van der Waals surface area contributed by atoms with Gasteiger partial charge in [0.2, 0.25) is 0 Å². The highest BCUT2D eigenvalue weighted by Gasteiger charge is 2.23. The van der Waals surface area contributed by atoms with Crippen molar-refractivity contribution < 1.29 is 0 Å². The van der Waals surface area contributed by atoms with Gasteiger partial charge in [0.15, 0.2) is 17.3 Å². The first kappa shape index (κ1) is 35.3. The largest absolute Gasteiger partial charge is 0.308 e. The first-order valence-corrected chi connectivity index (χ1v) is 19.2. The fraction of sp³-hybridized carbons (Fsp3) is 0.102. The van der Waals surface area contributed by atoms with Crippen LogP contribution in [0.5, 0.6) is 0 Å². The van der Waals surface area contributed by atoms with Crippen LogP contribution in [0.15, 0.2) is 115 Å². The Balaban J connectivity index is 1.37. The fourth-order valence-corrected chi connectivity index (χ4v) is 8.48. The van der Waals surface area contributed by atoms with E-state index in [-0.39, 0.29) is 0 Å². The Labute approximate surface area is 339 Å². The molecule has 10 aromatic rings.